The third-order valence-electron chi connectivity index (χ3n) is 4.63. The molecule has 2 N–H and O–H groups in total. The first kappa shape index (κ1) is 19.8. The predicted octanol–water partition coefficient (Wildman–Crippen LogP) is 2.66. The summed E-state index contributed by atoms with van der Waals surface area (Å²) in [6.45, 7) is 3.16. The van der Waals surface area contributed by atoms with E-state index in [0.29, 0.717) is 12.0 Å². The van der Waals surface area contributed by atoms with Gasteiger partial charge in [-0.2, -0.15) is 0 Å². The van der Waals surface area contributed by atoms with Gasteiger partial charge in [-0.15, -0.1) is 0 Å². The summed E-state index contributed by atoms with van der Waals surface area (Å²) in [5.41, 5.74) is 0.377. The maximum atomic E-state index is 14.0. The summed E-state index contributed by atoms with van der Waals surface area (Å²) >= 11 is 0. The molecule has 0 bridgehead atoms. The standard InChI is InChI=1S/C21H25FN2O2/c1-15(25)19(13-16-9-5-4-6-10-16)24-20(26)21(2,23-3)14-17-11-7-8-12-18(17)22/h4-12,19,23H,13-14H2,1-3H3,(H,24,26)/t19-,21-/m0/s1. The van der Waals surface area contributed by atoms with Crippen LogP contribution in [-0.2, 0) is 22.4 Å². The van der Waals surface area contributed by atoms with Gasteiger partial charge in [-0.1, -0.05) is 48.5 Å². The van der Waals surface area contributed by atoms with Gasteiger partial charge in [-0.3, -0.25) is 9.59 Å². The third-order valence-corrected chi connectivity index (χ3v) is 4.63. The highest BCUT2D eigenvalue weighted by atomic mass is 19.1. The second-order valence-corrected chi connectivity index (χ2v) is 6.68. The summed E-state index contributed by atoms with van der Waals surface area (Å²) < 4.78 is 14.0. The molecule has 0 heterocycles. The van der Waals surface area contributed by atoms with E-state index in [1.807, 2.05) is 30.3 Å². The Labute approximate surface area is 153 Å². The molecule has 2 aromatic carbocycles. The van der Waals surface area contributed by atoms with Gasteiger partial charge in [0.1, 0.15) is 5.82 Å². The summed E-state index contributed by atoms with van der Waals surface area (Å²) in [5, 5.41) is 5.79. The molecule has 2 atom stereocenters. The predicted molar refractivity (Wildman–Crippen MR) is 100 cm³/mol. The van der Waals surface area contributed by atoms with Gasteiger partial charge in [-0.05, 0) is 44.5 Å². The Morgan fingerprint density at radius 3 is 2.27 bits per heavy atom. The number of likely N-dealkylation sites (N-methyl/N-ethyl adjacent to an activating group) is 1. The number of carbonyl (C=O) groups is 2. The Balaban J connectivity index is 2.15. The van der Waals surface area contributed by atoms with Crippen molar-refractivity contribution in [1.82, 2.24) is 10.6 Å². The topological polar surface area (TPSA) is 58.2 Å². The van der Waals surface area contributed by atoms with Crippen molar-refractivity contribution >= 4 is 11.7 Å². The Bertz CT molecular complexity index is 764. The molecule has 4 nitrogen and oxygen atoms in total. The molecule has 1 amide bonds. The van der Waals surface area contributed by atoms with Crippen molar-refractivity contribution in [1.29, 1.82) is 0 Å². The molecule has 0 spiro atoms. The van der Waals surface area contributed by atoms with Crippen LogP contribution in [0, 0.1) is 5.82 Å². The molecule has 0 aliphatic carbocycles. The van der Waals surface area contributed by atoms with Crippen LogP contribution >= 0.6 is 0 Å². The van der Waals surface area contributed by atoms with Gasteiger partial charge in [0.05, 0.1) is 11.6 Å². The van der Waals surface area contributed by atoms with Crippen LogP contribution in [0.2, 0.25) is 0 Å². The van der Waals surface area contributed by atoms with Crippen molar-refractivity contribution in [2.45, 2.75) is 38.3 Å². The highest BCUT2D eigenvalue weighted by Crippen LogP contribution is 2.17. The molecule has 0 fully saturated rings. The Morgan fingerprint density at radius 2 is 1.69 bits per heavy atom. The fraction of sp³-hybridized carbons (Fsp3) is 0.333. The maximum Gasteiger partial charge on any atom is 0.240 e. The van der Waals surface area contributed by atoms with Gasteiger partial charge < -0.3 is 10.6 Å². The smallest absolute Gasteiger partial charge is 0.240 e. The normalized spacial score (nSPS) is 14.3. The van der Waals surface area contributed by atoms with Crippen molar-refractivity contribution in [2.75, 3.05) is 7.05 Å². The van der Waals surface area contributed by atoms with Gasteiger partial charge >= 0.3 is 0 Å². The van der Waals surface area contributed by atoms with Crippen LogP contribution in [-0.4, -0.2) is 30.3 Å². The van der Waals surface area contributed by atoms with E-state index in [-0.39, 0.29) is 23.9 Å². The van der Waals surface area contributed by atoms with Crippen LogP contribution in [0.15, 0.2) is 54.6 Å². The van der Waals surface area contributed by atoms with Gasteiger partial charge in [-0.25, -0.2) is 4.39 Å². The number of halogens is 1. The highest BCUT2D eigenvalue weighted by Gasteiger charge is 2.34. The molecule has 26 heavy (non-hydrogen) atoms. The Kier molecular flexibility index (Phi) is 6.64. The van der Waals surface area contributed by atoms with Gasteiger partial charge in [0.2, 0.25) is 5.91 Å². The molecule has 2 aromatic rings. The van der Waals surface area contributed by atoms with Crippen molar-refractivity contribution in [3.63, 3.8) is 0 Å². The number of nitrogens with one attached hydrogen (secondary N) is 2. The van der Waals surface area contributed by atoms with E-state index in [1.54, 1.807) is 32.2 Å². The lowest BCUT2D eigenvalue weighted by atomic mass is 9.90. The quantitative estimate of drug-likeness (QED) is 0.765. The van der Waals surface area contributed by atoms with E-state index in [2.05, 4.69) is 10.6 Å². The summed E-state index contributed by atoms with van der Waals surface area (Å²) in [6.07, 6.45) is 0.597. The summed E-state index contributed by atoms with van der Waals surface area (Å²) in [4.78, 5) is 24.9. The molecule has 5 heteroatoms. The number of hydrogen-bond acceptors (Lipinski definition) is 3. The van der Waals surface area contributed by atoms with Crippen LogP contribution < -0.4 is 10.6 Å². The van der Waals surface area contributed by atoms with E-state index < -0.39 is 11.6 Å². The minimum atomic E-state index is -1.04. The second-order valence-electron chi connectivity index (χ2n) is 6.68. The molecule has 0 unspecified atom stereocenters. The molecule has 0 aromatic heterocycles. The molecular weight excluding hydrogens is 331 g/mol. The van der Waals surface area contributed by atoms with E-state index in [0.717, 1.165) is 5.56 Å². The number of Topliss-reactive ketones (excluding diaryl/α,β-unsaturated/α-hetero) is 1. The fourth-order valence-electron chi connectivity index (χ4n) is 2.77. The lowest BCUT2D eigenvalue weighted by Gasteiger charge is -2.30. The summed E-state index contributed by atoms with van der Waals surface area (Å²) in [6, 6.07) is 15.3. The van der Waals surface area contributed by atoms with Crippen molar-refractivity contribution in [2.24, 2.45) is 0 Å². The SMILES string of the molecule is CN[C@@](C)(Cc1ccccc1F)C(=O)N[C@@H](Cc1ccccc1)C(C)=O. The molecule has 138 valence electrons. The zero-order chi connectivity index (χ0) is 19.2. The van der Waals surface area contributed by atoms with Crippen LogP contribution in [0.4, 0.5) is 4.39 Å². The van der Waals surface area contributed by atoms with E-state index in [4.69, 9.17) is 0 Å². The second kappa shape index (κ2) is 8.72. The molecule has 0 saturated carbocycles. The third kappa shape index (κ3) is 4.99. The van der Waals surface area contributed by atoms with E-state index in [1.165, 1.54) is 13.0 Å². The minimum Gasteiger partial charge on any atom is -0.344 e. The molecule has 0 aliphatic heterocycles. The van der Waals surface area contributed by atoms with E-state index in [9.17, 15) is 14.0 Å². The number of hydrogen-bond donors (Lipinski definition) is 2. The molecule has 0 saturated heterocycles. The van der Waals surface area contributed by atoms with Gasteiger partial charge in [0, 0.05) is 6.42 Å². The first-order valence-corrected chi connectivity index (χ1v) is 8.63. The fourth-order valence-corrected chi connectivity index (χ4v) is 2.77. The lowest BCUT2D eigenvalue weighted by molar-refractivity contribution is -0.131. The van der Waals surface area contributed by atoms with E-state index >= 15 is 0 Å². The largest absolute Gasteiger partial charge is 0.344 e. The first-order valence-electron chi connectivity index (χ1n) is 8.63. The zero-order valence-corrected chi connectivity index (χ0v) is 15.4. The number of rotatable bonds is 8. The number of benzene rings is 2. The van der Waals surface area contributed by atoms with Gasteiger partial charge in [0.25, 0.3) is 0 Å². The molecular formula is C21H25FN2O2. The van der Waals surface area contributed by atoms with Crippen molar-refractivity contribution in [3.05, 3.63) is 71.5 Å². The molecule has 0 aliphatic rings. The average molecular weight is 356 g/mol. The highest BCUT2D eigenvalue weighted by molar-refractivity contribution is 5.92. The van der Waals surface area contributed by atoms with Crippen LogP contribution in [0.25, 0.3) is 0 Å². The molecule has 0 radical (unpaired) electrons. The Hall–Kier alpha value is -2.53. The van der Waals surface area contributed by atoms with Crippen molar-refractivity contribution in [3.8, 4) is 0 Å². The maximum absolute atomic E-state index is 14.0. The van der Waals surface area contributed by atoms with Crippen LogP contribution in [0.5, 0.6) is 0 Å². The summed E-state index contributed by atoms with van der Waals surface area (Å²) in [7, 11) is 1.65. The monoisotopic (exact) mass is 356 g/mol. The minimum absolute atomic E-state index is 0.119. The Morgan fingerprint density at radius 1 is 1.08 bits per heavy atom. The first-order chi connectivity index (χ1) is 12.4. The number of amides is 1. The molecule has 2 rings (SSSR count). The number of carbonyl (C=O) groups excluding carboxylic acids is 2. The van der Waals surface area contributed by atoms with Crippen molar-refractivity contribution < 1.29 is 14.0 Å². The average Bonchev–Trinajstić information content (AvgIpc) is 2.63. The number of ketones is 1. The lowest BCUT2D eigenvalue weighted by Crippen LogP contribution is -2.58. The zero-order valence-electron chi connectivity index (χ0n) is 15.4. The summed E-state index contributed by atoms with van der Waals surface area (Å²) in [5.74, 6) is -0.805. The van der Waals surface area contributed by atoms with Crippen LogP contribution in [0.3, 0.4) is 0 Å². The van der Waals surface area contributed by atoms with Crippen LogP contribution in [0.1, 0.15) is 25.0 Å². The van der Waals surface area contributed by atoms with Gasteiger partial charge in [0.15, 0.2) is 5.78 Å².